The Kier molecular flexibility index (Phi) is 22.2. The molecule has 1 amide bonds. The van der Waals surface area contributed by atoms with E-state index in [9.17, 15) is 14.3 Å². The average molecular weight is 612 g/mol. The van der Waals surface area contributed by atoms with Gasteiger partial charge in [-0.25, -0.2) is 0 Å². The largest absolute Gasteiger partial charge is 0.756 e. The van der Waals surface area contributed by atoms with Crippen LogP contribution in [-0.4, -0.2) is 57.8 Å². The predicted molar refractivity (Wildman–Crippen MR) is 173 cm³/mol. The van der Waals surface area contributed by atoms with E-state index < -0.39 is 7.82 Å². The topological polar surface area (TPSA) is 114 Å². The first-order valence-electron chi connectivity index (χ1n) is 16.6. The maximum atomic E-state index is 11.8. The van der Waals surface area contributed by atoms with E-state index in [1.54, 1.807) is 0 Å². The Labute approximate surface area is 257 Å². The molecule has 1 unspecified atom stereocenters. The average Bonchev–Trinajstić information content (AvgIpc) is 2.93. The molecule has 1 rings (SSSR count). The Morgan fingerprint density at radius 1 is 0.738 bits per heavy atom. The highest BCUT2D eigenvalue weighted by molar-refractivity contribution is 7.45. The first kappa shape index (κ1) is 38.7. The Hall–Kier alpha value is -1.28. The minimum atomic E-state index is -4.16. The maximum absolute atomic E-state index is 11.8. The van der Waals surface area contributed by atoms with Crippen LogP contribution in [-0.2, 0) is 24.8 Å². The highest BCUT2D eigenvalue weighted by atomic mass is 31.2. The van der Waals surface area contributed by atoms with Gasteiger partial charge in [-0.05, 0) is 49.9 Å². The van der Waals surface area contributed by atoms with Crippen LogP contribution < -0.4 is 15.9 Å². The third kappa shape index (κ3) is 24.2. The van der Waals surface area contributed by atoms with Crippen molar-refractivity contribution in [2.24, 2.45) is 5.73 Å². The summed E-state index contributed by atoms with van der Waals surface area (Å²) in [7, 11) is 1.82. The second kappa shape index (κ2) is 24.1. The van der Waals surface area contributed by atoms with Crippen LogP contribution in [0.4, 0.5) is 5.69 Å². The summed E-state index contributed by atoms with van der Waals surface area (Å²) in [6.07, 6.45) is 22.3. The van der Waals surface area contributed by atoms with Gasteiger partial charge in [0.15, 0.2) is 0 Å². The van der Waals surface area contributed by atoms with E-state index in [1.807, 2.05) is 33.3 Å². The van der Waals surface area contributed by atoms with Gasteiger partial charge in [-0.3, -0.25) is 9.36 Å². The molecule has 0 fully saturated rings. The second-order valence-corrected chi connectivity index (χ2v) is 14.1. The number of unbranched alkanes of at least 4 members (excludes halogenated alkanes) is 15. The Balaban J connectivity index is 1.83. The third-order valence-electron chi connectivity index (χ3n) is 7.47. The smallest absolute Gasteiger partial charge is 0.268 e. The van der Waals surface area contributed by atoms with E-state index in [1.165, 1.54) is 89.0 Å². The quantitative estimate of drug-likeness (QED) is 0.0582. The van der Waals surface area contributed by atoms with Crippen molar-refractivity contribution in [3.05, 3.63) is 29.8 Å². The van der Waals surface area contributed by atoms with Crippen molar-refractivity contribution in [3.63, 3.8) is 0 Å². The Morgan fingerprint density at radius 2 is 1.19 bits per heavy atom. The lowest BCUT2D eigenvalue weighted by atomic mass is 10.0. The van der Waals surface area contributed by atoms with Crippen molar-refractivity contribution >= 4 is 19.4 Å². The van der Waals surface area contributed by atoms with Gasteiger partial charge in [0.25, 0.3) is 7.82 Å². The molecule has 0 saturated carbocycles. The molecule has 9 heteroatoms. The molecule has 3 N–H and O–H groups in total. The minimum absolute atomic E-state index is 0.0335. The summed E-state index contributed by atoms with van der Waals surface area (Å²) in [5, 5.41) is 2.93. The summed E-state index contributed by atoms with van der Waals surface area (Å²) in [6.45, 7) is 1.54. The zero-order valence-electron chi connectivity index (χ0n) is 27.1. The van der Waals surface area contributed by atoms with E-state index in [0.29, 0.717) is 24.0 Å². The molecule has 0 heterocycles. The minimum Gasteiger partial charge on any atom is -0.756 e. The normalized spacial score (nSPS) is 13.3. The molecule has 1 atom stereocenters. The first-order chi connectivity index (χ1) is 20.1. The number of benzene rings is 1. The number of carbonyl (C=O) groups is 1. The number of likely N-dealkylation sites (N-methyl/N-ethyl adjacent to an activating group) is 1. The van der Waals surface area contributed by atoms with Crippen molar-refractivity contribution in [1.29, 1.82) is 0 Å². The van der Waals surface area contributed by atoms with Gasteiger partial charge in [-0.15, -0.1) is 0 Å². The number of phosphoric ester groups is 1. The number of aryl methyl sites for hydroxylation is 1. The van der Waals surface area contributed by atoms with Crippen molar-refractivity contribution in [1.82, 2.24) is 0 Å². The molecule has 42 heavy (non-hydrogen) atoms. The molecule has 0 aliphatic carbocycles. The fourth-order valence-electron chi connectivity index (χ4n) is 4.79. The van der Waals surface area contributed by atoms with Crippen LogP contribution in [0.1, 0.15) is 121 Å². The number of anilines is 1. The molecule has 0 aromatic heterocycles. The number of hydrogen-bond acceptors (Lipinski definition) is 6. The molecule has 8 nitrogen and oxygen atoms in total. The van der Waals surface area contributed by atoms with Gasteiger partial charge in [0.1, 0.15) is 13.2 Å². The SMILES string of the molecule is C[N+](C)(C)CCOP(=O)([O-])OCCCCCCCCCCCCCCCCCCc1ccc(NC(=O)CCCN)cc1. The summed E-state index contributed by atoms with van der Waals surface area (Å²) in [5.74, 6) is 0.0335. The molecule has 0 radical (unpaired) electrons. The van der Waals surface area contributed by atoms with Crippen LogP contribution in [0.25, 0.3) is 0 Å². The van der Waals surface area contributed by atoms with Crippen LogP contribution in [0.3, 0.4) is 0 Å². The molecule has 1 aromatic rings. The number of nitrogens with one attached hydrogen (secondary N) is 1. The number of nitrogens with two attached hydrogens (primary N) is 1. The number of hydrogen-bond donors (Lipinski definition) is 2. The van der Waals surface area contributed by atoms with Gasteiger partial charge in [0, 0.05) is 12.1 Å². The standard InChI is InChI=1S/C33H62N3O5P/c1-36(2,3)28-30-41-42(38,39)40-29-19-17-15-13-11-9-7-5-4-6-8-10-12-14-16-18-21-31-23-25-32(26-24-31)35-33(37)22-20-27-34/h23-26H,4-22,27-30,34H2,1-3H3,(H-,35,37,38,39). The fourth-order valence-corrected chi connectivity index (χ4v) is 5.52. The van der Waals surface area contributed by atoms with E-state index in [0.717, 1.165) is 37.8 Å². The van der Waals surface area contributed by atoms with Crippen LogP contribution in [0.15, 0.2) is 24.3 Å². The zero-order chi connectivity index (χ0) is 30.9. The monoisotopic (exact) mass is 611 g/mol. The molecule has 244 valence electrons. The van der Waals surface area contributed by atoms with Gasteiger partial charge in [0.05, 0.1) is 27.7 Å². The summed E-state index contributed by atoms with van der Waals surface area (Å²) in [6, 6.07) is 8.24. The molecule has 0 saturated heterocycles. The van der Waals surface area contributed by atoms with E-state index >= 15 is 0 Å². The van der Waals surface area contributed by atoms with Gasteiger partial charge >= 0.3 is 0 Å². The van der Waals surface area contributed by atoms with Gasteiger partial charge in [-0.2, -0.15) is 0 Å². The summed E-state index contributed by atoms with van der Waals surface area (Å²) >= 11 is 0. The van der Waals surface area contributed by atoms with Gasteiger partial charge < -0.3 is 29.5 Å². The lowest BCUT2D eigenvalue weighted by molar-refractivity contribution is -0.870. The van der Waals surface area contributed by atoms with E-state index in [-0.39, 0.29) is 19.1 Å². The Morgan fingerprint density at radius 3 is 1.67 bits per heavy atom. The Bertz CT molecular complexity index is 845. The van der Waals surface area contributed by atoms with Gasteiger partial charge in [-0.1, -0.05) is 102 Å². The van der Waals surface area contributed by atoms with Crippen LogP contribution in [0.5, 0.6) is 0 Å². The summed E-state index contributed by atoms with van der Waals surface area (Å²) in [5.41, 5.74) is 7.66. The maximum Gasteiger partial charge on any atom is 0.268 e. The lowest BCUT2D eigenvalue weighted by Gasteiger charge is -2.27. The number of quaternary nitrogens is 1. The molecule has 0 aliphatic heterocycles. The van der Waals surface area contributed by atoms with Crippen LogP contribution in [0.2, 0.25) is 0 Å². The molecule has 0 aliphatic rings. The number of phosphoric acid groups is 1. The number of amides is 1. The van der Waals surface area contributed by atoms with Gasteiger partial charge in [0.2, 0.25) is 5.91 Å². The fraction of sp³-hybridized carbons (Fsp3) is 0.788. The zero-order valence-corrected chi connectivity index (χ0v) is 28.0. The summed E-state index contributed by atoms with van der Waals surface area (Å²) in [4.78, 5) is 23.5. The number of nitrogens with zero attached hydrogens (tertiary/aromatic N) is 1. The molecular weight excluding hydrogens is 549 g/mol. The second-order valence-electron chi connectivity index (χ2n) is 12.7. The number of rotatable bonds is 28. The van der Waals surface area contributed by atoms with E-state index in [2.05, 4.69) is 17.4 Å². The predicted octanol–water partition coefficient (Wildman–Crippen LogP) is 7.36. The van der Waals surface area contributed by atoms with E-state index in [4.69, 9.17) is 14.8 Å². The third-order valence-corrected chi connectivity index (χ3v) is 8.46. The van der Waals surface area contributed by atoms with Crippen LogP contribution >= 0.6 is 7.82 Å². The number of carbonyl (C=O) groups excluding carboxylic acids is 1. The lowest BCUT2D eigenvalue weighted by Crippen LogP contribution is -2.37. The molecular formula is C33H62N3O5P. The summed E-state index contributed by atoms with van der Waals surface area (Å²) < 4.78 is 22.3. The van der Waals surface area contributed by atoms with Crippen molar-refractivity contribution in [3.8, 4) is 0 Å². The van der Waals surface area contributed by atoms with Crippen molar-refractivity contribution in [2.45, 2.75) is 122 Å². The molecule has 0 bridgehead atoms. The first-order valence-corrected chi connectivity index (χ1v) is 18.1. The highest BCUT2D eigenvalue weighted by Gasteiger charge is 2.13. The molecule has 1 aromatic carbocycles. The van der Waals surface area contributed by atoms with Crippen molar-refractivity contribution in [2.75, 3.05) is 52.8 Å². The van der Waals surface area contributed by atoms with Crippen molar-refractivity contribution < 1.29 is 27.8 Å². The highest BCUT2D eigenvalue weighted by Crippen LogP contribution is 2.38. The molecule has 0 spiro atoms. The van der Waals surface area contributed by atoms with Crippen LogP contribution in [0, 0.1) is 0 Å².